The lowest BCUT2D eigenvalue weighted by Gasteiger charge is -2.23. The van der Waals surface area contributed by atoms with Crippen LogP contribution in [0.2, 0.25) is 0 Å². The molecule has 23 heavy (non-hydrogen) atoms. The van der Waals surface area contributed by atoms with E-state index in [0.29, 0.717) is 23.8 Å². The van der Waals surface area contributed by atoms with Crippen LogP contribution in [0.15, 0.2) is 24.3 Å². The average Bonchev–Trinajstić information content (AvgIpc) is 2.44. The molecule has 0 fully saturated rings. The minimum atomic E-state index is -1.20. The molecule has 3 N–H and O–H groups in total. The fourth-order valence-electron chi connectivity index (χ4n) is 1.79. The van der Waals surface area contributed by atoms with Crippen LogP contribution in [0.5, 0.6) is 0 Å². The summed E-state index contributed by atoms with van der Waals surface area (Å²) in [6.07, 6.45) is 0. The molecule has 0 saturated carbocycles. The van der Waals surface area contributed by atoms with Crippen molar-refractivity contribution in [3.05, 3.63) is 24.3 Å². The van der Waals surface area contributed by atoms with Gasteiger partial charge in [-0.2, -0.15) is 0 Å². The predicted octanol–water partition coefficient (Wildman–Crippen LogP) is 2.38. The van der Waals surface area contributed by atoms with Crippen molar-refractivity contribution in [2.45, 2.75) is 34.6 Å². The van der Waals surface area contributed by atoms with Gasteiger partial charge in [0.05, 0.1) is 0 Å². The van der Waals surface area contributed by atoms with E-state index in [4.69, 9.17) is 0 Å². The molecule has 0 saturated heterocycles. The first-order chi connectivity index (χ1) is 10.6. The van der Waals surface area contributed by atoms with Gasteiger partial charge in [-0.1, -0.05) is 19.9 Å². The first kappa shape index (κ1) is 18.7. The second-order valence-corrected chi connectivity index (χ2v) is 6.44. The summed E-state index contributed by atoms with van der Waals surface area (Å²) in [5, 5.41) is 8.13. The fraction of sp³-hybridized carbons (Fsp3) is 0.471. The molecule has 3 amide bonds. The molecule has 126 valence electrons. The van der Waals surface area contributed by atoms with E-state index in [0.717, 1.165) is 0 Å². The highest BCUT2D eigenvalue weighted by Gasteiger charge is 2.36. The third kappa shape index (κ3) is 5.73. The number of rotatable bonds is 6. The lowest BCUT2D eigenvalue weighted by atomic mass is 9.90. The average molecular weight is 319 g/mol. The molecule has 0 aromatic heterocycles. The van der Waals surface area contributed by atoms with Crippen LogP contribution in [0.1, 0.15) is 34.6 Å². The molecular weight excluding hydrogens is 294 g/mol. The van der Waals surface area contributed by atoms with Crippen molar-refractivity contribution in [1.82, 2.24) is 5.32 Å². The van der Waals surface area contributed by atoms with Crippen molar-refractivity contribution in [3.8, 4) is 0 Å². The summed E-state index contributed by atoms with van der Waals surface area (Å²) in [6.45, 7) is 9.06. The van der Waals surface area contributed by atoms with Crippen molar-refractivity contribution in [2.24, 2.45) is 11.3 Å². The third-order valence-corrected chi connectivity index (χ3v) is 3.25. The zero-order chi connectivity index (χ0) is 17.6. The topological polar surface area (TPSA) is 87.3 Å². The Kier molecular flexibility index (Phi) is 6.30. The van der Waals surface area contributed by atoms with Gasteiger partial charge in [0.2, 0.25) is 17.7 Å². The molecular formula is C17H25N3O3. The van der Waals surface area contributed by atoms with E-state index in [1.54, 1.807) is 38.1 Å². The van der Waals surface area contributed by atoms with Crippen molar-refractivity contribution < 1.29 is 14.4 Å². The molecule has 0 atom stereocenters. The fourth-order valence-corrected chi connectivity index (χ4v) is 1.79. The SMILES string of the molecule is CC(=O)Nc1cccc(NC(=O)C(C)(C)C(=O)NCC(C)C)c1. The molecule has 6 nitrogen and oxygen atoms in total. The summed E-state index contributed by atoms with van der Waals surface area (Å²) in [6, 6.07) is 6.77. The molecule has 0 aliphatic rings. The minimum Gasteiger partial charge on any atom is -0.355 e. The molecule has 0 radical (unpaired) electrons. The van der Waals surface area contributed by atoms with E-state index in [-0.39, 0.29) is 11.8 Å². The number of carbonyl (C=O) groups is 3. The molecule has 1 aromatic carbocycles. The molecule has 0 aliphatic heterocycles. The van der Waals surface area contributed by atoms with Gasteiger partial charge in [0.25, 0.3) is 0 Å². The molecule has 0 spiro atoms. The number of nitrogens with one attached hydrogen (secondary N) is 3. The molecule has 0 bridgehead atoms. The van der Waals surface area contributed by atoms with Gasteiger partial charge in [0, 0.05) is 24.8 Å². The van der Waals surface area contributed by atoms with Crippen LogP contribution in [-0.4, -0.2) is 24.3 Å². The lowest BCUT2D eigenvalue weighted by molar-refractivity contribution is -0.138. The zero-order valence-electron chi connectivity index (χ0n) is 14.3. The molecule has 1 rings (SSSR count). The first-order valence-electron chi connectivity index (χ1n) is 7.60. The Hall–Kier alpha value is -2.37. The number of hydrogen-bond donors (Lipinski definition) is 3. The molecule has 0 heterocycles. The maximum Gasteiger partial charge on any atom is 0.239 e. The maximum absolute atomic E-state index is 12.4. The second-order valence-electron chi connectivity index (χ2n) is 6.44. The summed E-state index contributed by atoms with van der Waals surface area (Å²) < 4.78 is 0. The van der Waals surface area contributed by atoms with Gasteiger partial charge in [-0.25, -0.2) is 0 Å². The molecule has 0 aliphatic carbocycles. The molecule has 6 heteroatoms. The van der Waals surface area contributed by atoms with E-state index >= 15 is 0 Å². The summed E-state index contributed by atoms with van der Waals surface area (Å²) in [5.74, 6) is -0.602. The van der Waals surface area contributed by atoms with Crippen LogP contribution in [0.4, 0.5) is 11.4 Å². The Morgan fingerprint density at radius 1 is 1.04 bits per heavy atom. The van der Waals surface area contributed by atoms with Crippen molar-refractivity contribution in [2.75, 3.05) is 17.2 Å². The number of anilines is 2. The van der Waals surface area contributed by atoms with E-state index < -0.39 is 11.3 Å². The summed E-state index contributed by atoms with van der Waals surface area (Å²) >= 11 is 0. The second kappa shape index (κ2) is 7.76. The van der Waals surface area contributed by atoms with Crippen LogP contribution in [-0.2, 0) is 14.4 Å². The smallest absolute Gasteiger partial charge is 0.239 e. The van der Waals surface area contributed by atoms with Gasteiger partial charge in [0.1, 0.15) is 5.41 Å². The highest BCUT2D eigenvalue weighted by molar-refractivity contribution is 6.10. The van der Waals surface area contributed by atoms with Gasteiger partial charge in [0.15, 0.2) is 0 Å². The summed E-state index contributed by atoms with van der Waals surface area (Å²) in [4.78, 5) is 35.6. The van der Waals surface area contributed by atoms with Gasteiger partial charge >= 0.3 is 0 Å². The quantitative estimate of drug-likeness (QED) is 0.704. The Labute approximate surface area is 137 Å². The van der Waals surface area contributed by atoms with Gasteiger partial charge < -0.3 is 16.0 Å². The van der Waals surface area contributed by atoms with Crippen LogP contribution in [0.3, 0.4) is 0 Å². The van der Waals surface area contributed by atoms with E-state index in [1.165, 1.54) is 6.92 Å². The van der Waals surface area contributed by atoms with E-state index in [1.807, 2.05) is 13.8 Å². The number of hydrogen-bond acceptors (Lipinski definition) is 3. The van der Waals surface area contributed by atoms with Crippen LogP contribution >= 0.6 is 0 Å². The summed E-state index contributed by atoms with van der Waals surface area (Å²) in [5.41, 5.74) is -0.0952. The van der Waals surface area contributed by atoms with Gasteiger partial charge in [-0.3, -0.25) is 14.4 Å². The minimum absolute atomic E-state index is 0.193. The Balaban J connectivity index is 2.77. The number of amides is 3. The lowest BCUT2D eigenvalue weighted by Crippen LogP contribution is -2.46. The van der Waals surface area contributed by atoms with Crippen LogP contribution in [0, 0.1) is 11.3 Å². The zero-order valence-corrected chi connectivity index (χ0v) is 14.3. The predicted molar refractivity (Wildman–Crippen MR) is 91.0 cm³/mol. The van der Waals surface area contributed by atoms with E-state index in [2.05, 4.69) is 16.0 Å². The standard InChI is InChI=1S/C17H25N3O3/c1-11(2)10-18-15(22)17(4,5)16(23)20-14-8-6-7-13(9-14)19-12(3)21/h6-9,11H,10H2,1-5H3,(H,18,22)(H,19,21)(H,20,23). The van der Waals surface area contributed by atoms with Crippen molar-refractivity contribution in [1.29, 1.82) is 0 Å². The Morgan fingerprint density at radius 3 is 2.13 bits per heavy atom. The first-order valence-corrected chi connectivity index (χ1v) is 7.60. The largest absolute Gasteiger partial charge is 0.355 e. The third-order valence-electron chi connectivity index (χ3n) is 3.25. The highest BCUT2D eigenvalue weighted by Crippen LogP contribution is 2.21. The van der Waals surface area contributed by atoms with Gasteiger partial charge in [-0.05, 0) is 38.0 Å². The maximum atomic E-state index is 12.4. The number of benzene rings is 1. The Morgan fingerprint density at radius 2 is 1.61 bits per heavy atom. The summed E-state index contributed by atoms with van der Waals surface area (Å²) in [7, 11) is 0. The van der Waals surface area contributed by atoms with Crippen molar-refractivity contribution >= 4 is 29.1 Å². The number of carbonyl (C=O) groups excluding carboxylic acids is 3. The van der Waals surface area contributed by atoms with Crippen molar-refractivity contribution in [3.63, 3.8) is 0 Å². The molecule has 1 aromatic rings. The van der Waals surface area contributed by atoms with E-state index in [9.17, 15) is 14.4 Å². The van der Waals surface area contributed by atoms with Crippen LogP contribution in [0.25, 0.3) is 0 Å². The van der Waals surface area contributed by atoms with Crippen LogP contribution < -0.4 is 16.0 Å². The monoisotopic (exact) mass is 319 g/mol. The Bertz CT molecular complexity index is 595. The highest BCUT2D eigenvalue weighted by atomic mass is 16.2. The van der Waals surface area contributed by atoms with Gasteiger partial charge in [-0.15, -0.1) is 0 Å². The molecule has 0 unspecified atom stereocenters. The normalized spacial score (nSPS) is 11.0.